The molecule has 0 fully saturated rings. The Morgan fingerprint density at radius 2 is 2.00 bits per heavy atom. The molecule has 3 nitrogen and oxygen atoms in total. The van der Waals surface area contributed by atoms with Gasteiger partial charge in [0.15, 0.2) is 0 Å². The molecule has 16 heavy (non-hydrogen) atoms. The topological polar surface area (TPSA) is 29.5 Å². The van der Waals surface area contributed by atoms with E-state index in [9.17, 15) is 4.79 Å². The van der Waals surface area contributed by atoms with Crippen molar-refractivity contribution in [2.75, 3.05) is 19.1 Å². The van der Waals surface area contributed by atoms with Gasteiger partial charge in [-0.25, -0.2) is 0 Å². The van der Waals surface area contributed by atoms with Gasteiger partial charge in [-0.05, 0) is 29.7 Å². The van der Waals surface area contributed by atoms with Crippen LogP contribution in [0.15, 0.2) is 18.2 Å². The van der Waals surface area contributed by atoms with Crippen LogP contribution >= 0.6 is 0 Å². The standard InChI is InChI=1S/C13H19NO2/c1-9(2)12-8-11(14(4)10(3)15)6-7-13(12)16-5/h6-9H,1-5H3. The van der Waals surface area contributed by atoms with Crippen molar-refractivity contribution < 1.29 is 9.53 Å². The first-order chi connectivity index (χ1) is 7.47. The minimum absolute atomic E-state index is 0.0277. The van der Waals surface area contributed by atoms with E-state index in [0.29, 0.717) is 5.92 Å². The fourth-order valence-electron chi connectivity index (χ4n) is 1.56. The second-order valence-electron chi connectivity index (χ2n) is 4.16. The molecule has 1 rings (SSSR count). The lowest BCUT2D eigenvalue weighted by Gasteiger charge is -2.19. The van der Waals surface area contributed by atoms with E-state index in [2.05, 4.69) is 13.8 Å². The third-order valence-corrected chi connectivity index (χ3v) is 2.69. The van der Waals surface area contributed by atoms with Gasteiger partial charge in [0.05, 0.1) is 7.11 Å². The van der Waals surface area contributed by atoms with Crippen LogP contribution in [0, 0.1) is 0 Å². The smallest absolute Gasteiger partial charge is 0.223 e. The van der Waals surface area contributed by atoms with Gasteiger partial charge in [-0.1, -0.05) is 13.8 Å². The van der Waals surface area contributed by atoms with E-state index >= 15 is 0 Å². The summed E-state index contributed by atoms with van der Waals surface area (Å²) in [5, 5.41) is 0. The predicted molar refractivity (Wildman–Crippen MR) is 66.2 cm³/mol. The molecule has 88 valence electrons. The van der Waals surface area contributed by atoms with Crippen LogP contribution in [0.5, 0.6) is 5.75 Å². The Balaban J connectivity index is 3.16. The fourth-order valence-corrected chi connectivity index (χ4v) is 1.56. The van der Waals surface area contributed by atoms with Gasteiger partial charge in [-0.3, -0.25) is 4.79 Å². The van der Waals surface area contributed by atoms with Crippen LogP contribution in [-0.4, -0.2) is 20.1 Å². The summed E-state index contributed by atoms with van der Waals surface area (Å²) in [4.78, 5) is 12.9. The normalized spacial score (nSPS) is 10.4. The zero-order chi connectivity index (χ0) is 12.3. The third kappa shape index (κ3) is 2.54. The van der Waals surface area contributed by atoms with Crippen molar-refractivity contribution in [1.29, 1.82) is 0 Å². The first kappa shape index (κ1) is 12.6. The highest BCUT2D eigenvalue weighted by molar-refractivity contribution is 5.91. The number of benzene rings is 1. The minimum Gasteiger partial charge on any atom is -0.496 e. The molecule has 0 saturated heterocycles. The quantitative estimate of drug-likeness (QED) is 0.785. The molecule has 0 saturated carbocycles. The Kier molecular flexibility index (Phi) is 3.93. The Hall–Kier alpha value is -1.51. The molecule has 0 aliphatic heterocycles. The van der Waals surface area contributed by atoms with Crippen LogP contribution in [0.2, 0.25) is 0 Å². The van der Waals surface area contributed by atoms with E-state index in [1.807, 2.05) is 18.2 Å². The number of carbonyl (C=O) groups excluding carboxylic acids is 1. The second-order valence-corrected chi connectivity index (χ2v) is 4.16. The van der Waals surface area contributed by atoms with Gasteiger partial charge in [0.1, 0.15) is 5.75 Å². The van der Waals surface area contributed by atoms with Gasteiger partial charge in [-0.15, -0.1) is 0 Å². The molecule has 0 unspecified atom stereocenters. The third-order valence-electron chi connectivity index (χ3n) is 2.69. The minimum atomic E-state index is 0.0277. The number of methoxy groups -OCH3 is 1. The van der Waals surface area contributed by atoms with Crippen LogP contribution in [0.25, 0.3) is 0 Å². The lowest BCUT2D eigenvalue weighted by Crippen LogP contribution is -2.22. The number of amides is 1. The first-order valence-electron chi connectivity index (χ1n) is 5.39. The predicted octanol–water partition coefficient (Wildman–Crippen LogP) is 2.80. The lowest BCUT2D eigenvalue weighted by molar-refractivity contribution is -0.116. The molecule has 1 aromatic carbocycles. The highest BCUT2D eigenvalue weighted by atomic mass is 16.5. The molecule has 3 heteroatoms. The van der Waals surface area contributed by atoms with Crippen LogP contribution < -0.4 is 9.64 Å². The van der Waals surface area contributed by atoms with E-state index in [1.54, 1.807) is 26.0 Å². The number of hydrogen-bond acceptors (Lipinski definition) is 2. The Morgan fingerprint density at radius 3 is 2.44 bits per heavy atom. The number of nitrogens with zero attached hydrogens (tertiary/aromatic N) is 1. The summed E-state index contributed by atoms with van der Waals surface area (Å²) in [6.45, 7) is 5.77. The molecule has 1 aromatic rings. The average Bonchev–Trinajstić information content (AvgIpc) is 2.26. The number of carbonyl (C=O) groups is 1. The lowest BCUT2D eigenvalue weighted by atomic mass is 10.0. The molecule has 0 N–H and O–H groups in total. The van der Waals surface area contributed by atoms with Gasteiger partial charge in [0, 0.05) is 19.7 Å². The van der Waals surface area contributed by atoms with Gasteiger partial charge in [-0.2, -0.15) is 0 Å². The first-order valence-corrected chi connectivity index (χ1v) is 5.39. The Morgan fingerprint density at radius 1 is 1.38 bits per heavy atom. The molecular formula is C13H19NO2. The fraction of sp³-hybridized carbons (Fsp3) is 0.462. The molecule has 0 aliphatic carbocycles. The monoisotopic (exact) mass is 221 g/mol. The SMILES string of the molecule is COc1ccc(N(C)C(C)=O)cc1C(C)C. The molecule has 0 aromatic heterocycles. The molecule has 0 heterocycles. The summed E-state index contributed by atoms with van der Waals surface area (Å²) < 4.78 is 5.30. The molecule has 0 spiro atoms. The summed E-state index contributed by atoms with van der Waals surface area (Å²) in [5.41, 5.74) is 2.02. The maximum absolute atomic E-state index is 11.3. The zero-order valence-electron chi connectivity index (χ0n) is 10.6. The van der Waals surface area contributed by atoms with Crippen molar-refractivity contribution in [3.05, 3.63) is 23.8 Å². The van der Waals surface area contributed by atoms with Crippen LogP contribution in [-0.2, 0) is 4.79 Å². The van der Waals surface area contributed by atoms with E-state index in [-0.39, 0.29) is 5.91 Å². The molecule has 0 radical (unpaired) electrons. The summed E-state index contributed by atoms with van der Waals surface area (Å²) in [5.74, 6) is 1.27. The van der Waals surface area contributed by atoms with E-state index in [0.717, 1.165) is 17.0 Å². The van der Waals surface area contributed by atoms with Crippen LogP contribution in [0.1, 0.15) is 32.3 Å². The van der Waals surface area contributed by atoms with Gasteiger partial charge in [0.2, 0.25) is 5.91 Å². The van der Waals surface area contributed by atoms with Crippen LogP contribution in [0.4, 0.5) is 5.69 Å². The van der Waals surface area contributed by atoms with Crippen molar-refractivity contribution in [2.45, 2.75) is 26.7 Å². The van der Waals surface area contributed by atoms with Gasteiger partial charge < -0.3 is 9.64 Å². The summed E-state index contributed by atoms with van der Waals surface area (Å²) >= 11 is 0. The summed E-state index contributed by atoms with van der Waals surface area (Å²) in [6, 6.07) is 5.81. The van der Waals surface area contributed by atoms with E-state index in [4.69, 9.17) is 4.74 Å². The van der Waals surface area contributed by atoms with Crippen molar-refractivity contribution in [3.8, 4) is 5.75 Å². The number of rotatable bonds is 3. The van der Waals surface area contributed by atoms with Crippen molar-refractivity contribution in [2.24, 2.45) is 0 Å². The van der Waals surface area contributed by atoms with E-state index in [1.165, 1.54) is 0 Å². The molecule has 0 bridgehead atoms. The highest BCUT2D eigenvalue weighted by Crippen LogP contribution is 2.30. The zero-order valence-corrected chi connectivity index (χ0v) is 10.6. The Labute approximate surface area is 97.0 Å². The van der Waals surface area contributed by atoms with Gasteiger partial charge >= 0.3 is 0 Å². The molecular weight excluding hydrogens is 202 g/mol. The molecule has 0 aliphatic rings. The molecule has 1 amide bonds. The largest absolute Gasteiger partial charge is 0.496 e. The maximum atomic E-state index is 11.3. The van der Waals surface area contributed by atoms with Gasteiger partial charge in [0.25, 0.3) is 0 Å². The van der Waals surface area contributed by atoms with Crippen molar-refractivity contribution in [1.82, 2.24) is 0 Å². The summed E-state index contributed by atoms with van der Waals surface area (Å²) in [6.07, 6.45) is 0. The number of anilines is 1. The van der Waals surface area contributed by atoms with E-state index < -0.39 is 0 Å². The number of hydrogen-bond donors (Lipinski definition) is 0. The average molecular weight is 221 g/mol. The second kappa shape index (κ2) is 5.01. The number of ether oxygens (including phenoxy) is 1. The van der Waals surface area contributed by atoms with Crippen LogP contribution in [0.3, 0.4) is 0 Å². The maximum Gasteiger partial charge on any atom is 0.223 e. The molecule has 0 atom stereocenters. The highest BCUT2D eigenvalue weighted by Gasteiger charge is 2.11. The van der Waals surface area contributed by atoms with Crippen molar-refractivity contribution in [3.63, 3.8) is 0 Å². The Bertz CT molecular complexity index is 386. The summed E-state index contributed by atoms with van der Waals surface area (Å²) in [7, 11) is 3.43. The van der Waals surface area contributed by atoms with Crippen molar-refractivity contribution >= 4 is 11.6 Å².